The van der Waals surface area contributed by atoms with Crippen molar-refractivity contribution in [1.29, 1.82) is 0 Å². The summed E-state index contributed by atoms with van der Waals surface area (Å²) in [5.74, 6) is 0. The number of hydrogen-bond donors (Lipinski definition) is 0. The summed E-state index contributed by atoms with van der Waals surface area (Å²) in [4.78, 5) is 7.45. The summed E-state index contributed by atoms with van der Waals surface area (Å²) < 4.78 is 0. The molecule has 0 bridgehead atoms. The molecule has 256 valence electrons. The van der Waals surface area contributed by atoms with Crippen LogP contribution in [0.2, 0.25) is 0 Å². The van der Waals surface area contributed by atoms with Crippen LogP contribution in [-0.2, 0) is 11.8 Å². The van der Waals surface area contributed by atoms with E-state index in [4.69, 9.17) is 0 Å². The summed E-state index contributed by atoms with van der Waals surface area (Å²) in [6.07, 6.45) is 6.84. The maximum Gasteiger partial charge on any atom is 0.0601 e. The van der Waals surface area contributed by atoms with E-state index in [-0.39, 0.29) is 5.41 Å². The topological polar surface area (TPSA) is 6.48 Å². The zero-order valence-electron chi connectivity index (χ0n) is 30.1. The van der Waals surface area contributed by atoms with Gasteiger partial charge in [0.25, 0.3) is 0 Å². The van der Waals surface area contributed by atoms with Gasteiger partial charge in [-0.15, -0.1) is 0 Å². The Morgan fingerprint density at radius 1 is 0.528 bits per heavy atom. The molecule has 0 atom stereocenters. The highest BCUT2D eigenvalue weighted by atomic mass is 32.2. The first-order chi connectivity index (χ1) is 26.0. The number of benzene rings is 7. The molecule has 53 heavy (non-hydrogen) atoms. The van der Waals surface area contributed by atoms with Crippen molar-refractivity contribution in [2.24, 2.45) is 0 Å². The van der Waals surface area contributed by atoms with Crippen molar-refractivity contribution in [3.05, 3.63) is 186 Å². The van der Waals surface area contributed by atoms with Gasteiger partial charge in [0.2, 0.25) is 0 Å². The summed E-state index contributed by atoms with van der Waals surface area (Å²) in [7, 11) is 0. The summed E-state index contributed by atoms with van der Waals surface area (Å²) in [6, 6.07) is 58.2. The fraction of sp³-hybridized carbons (Fsp3) is 0.120. The molecule has 1 aliphatic carbocycles. The molecule has 0 fully saturated rings. The Bertz CT molecular complexity index is 2500. The van der Waals surface area contributed by atoms with E-state index in [2.05, 4.69) is 194 Å². The smallest absolute Gasteiger partial charge is 0.0601 e. The highest BCUT2D eigenvalue weighted by Gasteiger charge is 2.36. The predicted octanol–water partition coefficient (Wildman–Crippen LogP) is 13.8. The van der Waals surface area contributed by atoms with Gasteiger partial charge in [-0.05, 0) is 118 Å². The Morgan fingerprint density at radius 3 is 1.79 bits per heavy atom. The van der Waals surface area contributed by atoms with Gasteiger partial charge in [-0.3, -0.25) is 0 Å². The Kier molecular flexibility index (Phi) is 7.66. The molecule has 0 N–H and O–H groups in total. The number of nitrogens with zero attached hydrogens (tertiary/aromatic N) is 2. The highest BCUT2D eigenvalue weighted by Crippen LogP contribution is 2.52. The van der Waals surface area contributed by atoms with Crippen LogP contribution in [0.1, 0.15) is 48.1 Å². The summed E-state index contributed by atoms with van der Waals surface area (Å²) >= 11 is 1.84. The summed E-state index contributed by atoms with van der Waals surface area (Å²) in [5.41, 5.74) is 18.1. The number of fused-ring (bicyclic) bond motifs is 6. The maximum atomic E-state index is 2.51. The second kappa shape index (κ2) is 12.7. The third kappa shape index (κ3) is 5.50. The normalized spacial score (nSPS) is 15.1. The fourth-order valence-corrected chi connectivity index (χ4v) is 9.64. The van der Waals surface area contributed by atoms with Crippen molar-refractivity contribution in [2.75, 3.05) is 16.3 Å². The number of anilines is 5. The summed E-state index contributed by atoms with van der Waals surface area (Å²) in [5, 5.41) is 0. The predicted molar refractivity (Wildman–Crippen MR) is 225 cm³/mol. The van der Waals surface area contributed by atoms with Crippen molar-refractivity contribution >= 4 is 52.4 Å². The van der Waals surface area contributed by atoms with Crippen LogP contribution in [-0.4, -0.2) is 6.54 Å². The molecule has 0 spiro atoms. The van der Waals surface area contributed by atoms with Gasteiger partial charge in [-0.25, -0.2) is 0 Å². The second-order valence-electron chi connectivity index (χ2n) is 14.9. The molecule has 7 aromatic carbocycles. The molecule has 0 aromatic heterocycles. The Hall–Kier alpha value is -5.77. The van der Waals surface area contributed by atoms with Crippen LogP contribution in [0.15, 0.2) is 168 Å². The minimum absolute atomic E-state index is 0.0727. The van der Waals surface area contributed by atoms with Crippen molar-refractivity contribution in [3.63, 3.8) is 0 Å². The SMILES string of the molecule is CC1(C)c2cc(C=Cc3ccc(-c4ccc(N5c6ccccc6Sc6ccccc65)cc4)cc3)ccc2-c2ccc(N3CCCc4ccccc43)cc21. The van der Waals surface area contributed by atoms with Crippen molar-refractivity contribution < 1.29 is 0 Å². The van der Waals surface area contributed by atoms with Gasteiger partial charge in [-0.1, -0.05) is 141 Å². The first kappa shape index (κ1) is 31.9. The fourth-order valence-electron chi connectivity index (χ4n) is 8.58. The van der Waals surface area contributed by atoms with Crippen LogP contribution >= 0.6 is 11.8 Å². The number of hydrogen-bond acceptors (Lipinski definition) is 3. The molecular weight excluding hydrogens is 661 g/mol. The standard InChI is InChI=1S/C50H40N2S/c1-50(2)43-32-35(21-29-41(43)42-30-28-40(33-44(42)50)51-31-9-11-38-10-3-4-12-45(38)51)18-17-34-19-22-36(23-20-34)37-24-26-39(27-25-37)52-46-13-5-7-15-48(46)53-49-16-8-6-14-47(49)52/h3-8,10,12-30,32-33H,9,11,31H2,1-2H3. The molecule has 2 aliphatic heterocycles. The lowest BCUT2D eigenvalue weighted by atomic mass is 9.81. The van der Waals surface area contributed by atoms with E-state index >= 15 is 0 Å². The van der Waals surface area contributed by atoms with Gasteiger partial charge in [0.1, 0.15) is 0 Å². The lowest BCUT2D eigenvalue weighted by Gasteiger charge is -2.32. The molecular formula is C50H40N2S. The van der Waals surface area contributed by atoms with Crippen molar-refractivity contribution in [1.82, 2.24) is 0 Å². The van der Waals surface area contributed by atoms with Gasteiger partial charge in [0.15, 0.2) is 0 Å². The van der Waals surface area contributed by atoms with Crippen molar-refractivity contribution in [3.8, 4) is 22.3 Å². The monoisotopic (exact) mass is 700 g/mol. The zero-order valence-corrected chi connectivity index (χ0v) is 30.9. The quantitative estimate of drug-likeness (QED) is 0.165. The Morgan fingerprint density at radius 2 is 1.08 bits per heavy atom. The Labute approximate surface area is 317 Å². The van der Waals surface area contributed by atoms with E-state index in [0.717, 1.165) is 13.0 Å². The van der Waals surface area contributed by atoms with Gasteiger partial charge in [0.05, 0.1) is 11.4 Å². The lowest BCUT2D eigenvalue weighted by Crippen LogP contribution is -2.25. The minimum Gasteiger partial charge on any atom is -0.341 e. The molecule has 0 amide bonds. The van der Waals surface area contributed by atoms with Crippen molar-refractivity contribution in [2.45, 2.75) is 41.9 Å². The van der Waals surface area contributed by atoms with Gasteiger partial charge < -0.3 is 9.80 Å². The lowest BCUT2D eigenvalue weighted by molar-refractivity contribution is 0.659. The third-order valence-electron chi connectivity index (χ3n) is 11.4. The van der Waals surface area contributed by atoms with Gasteiger partial charge in [0, 0.05) is 38.8 Å². The molecule has 2 nitrogen and oxygen atoms in total. The molecule has 2 heterocycles. The van der Waals surface area contributed by atoms with Crippen LogP contribution in [0, 0.1) is 0 Å². The average molecular weight is 701 g/mol. The van der Waals surface area contributed by atoms with Crippen LogP contribution in [0.25, 0.3) is 34.4 Å². The maximum absolute atomic E-state index is 2.51. The largest absolute Gasteiger partial charge is 0.341 e. The van der Waals surface area contributed by atoms with Gasteiger partial charge >= 0.3 is 0 Å². The molecule has 0 unspecified atom stereocenters. The molecule has 0 radical (unpaired) electrons. The first-order valence-corrected chi connectivity index (χ1v) is 19.5. The number of para-hydroxylation sites is 3. The Balaban J connectivity index is 0.871. The number of rotatable bonds is 5. The molecule has 3 aliphatic rings. The second-order valence-corrected chi connectivity index (χ2v) is 16.0. The van der Waals surface area contributed by atoms with Crippen LogP contribution < -0.4 is 9.80 Å². The molecule has 0 saturated carbocycles. The van der Waals surface area contributed by atoms with E-state index in [0.29, 0.717) is 0 Å². The van der Waals surface area contributed by atoms with E-state index in [9.17, 15) is 0 Å². The molecule has 10 rings (SSSR count). The van der Waals surface area contributed by atoms with Crippen LogP contribution in [0.4, 0.5) is 28.4 Å². The average Bonchev–Trinajstić information content (AvgIpc) is 3.44. The third-order valence-corrected chi connectivity index (χ3v) is 12.5. The van der Waals surface area contributed by atoms with E-state index < -0.39 is 0 Å². The van der Waals surface area contributed by atoms with E-state index in [1.165, 1.54) is 94.7 Å². The van der Waals surface area contributed by atoms with E-state index in [1.807, 2.05) is 11.8 Å². The molecule has 0 saturated heterocycles. The first-order valence-electron chi connectivity index (χ1n) is 18.7. The van der Waals surface area contributed by atoms with Crippen LogP contribution in [0.3, 0.4) is 0 Å². The van der Waals surface area contributed by atoms with Gasteiger partial charge in [-0.2, -0.15) is 0 Å². The molecule has 7 aromatic rings. The number of aryl methyl sites for hydroxylation is 1. The summed E-state index contributed by atoms with van der Waals surface area (Å²) in [6.45, 7) is 5.83. The molecule has 3 heteroatoms. The van der Waals surface area contributed by atoms with E-state index in [1.54, 1.807) is 0 Å². The highest BCUT2D eigenvalue weighted by molar-refractivity contribution is 7.99. The zero-order chi connectivity index (χ0) is 35.5. The minimum atomic E-state index is -0.0727. The van der Waals surface area contributed by atoms with Crippen LogP contribution in [0.5, 0.6) is 0 Å².